The van der Waals surface area contributed by atoms with Gasteiger partial charge in [-0.2, -0.15) is 13.2 Å². The van der Waals surface area contributed by atoms with Crippen LogP contribution in [-0.4, -0.2) is 21.1 Å². The first-order valence-corrected chi connectivity index (χ1v) is 8.17. The number of rotatable bonds is 4. The lowest BCUT2D eigenvalue weighted by molar-refractivity contribution is -0.137. The van der Waals surface area contributed by atoms with Crippen LogP contribution >= 0.6 is 0 Å². The third-order valence-electron chi connectivity index (χ3n) is 4.00. The van der Waals surface area contributed by atoms with Gasteiger partial charge in [-0.25, -0.2) is 4.68 Å². The van der Waals surface area contributed by atoms with Gasteiger partial charge < -0.3 is 4.74 Å². The Hall–Kier alpha value is -3.49. The molecule has 0 atom stereocenters. The highest BCUT2D eigenvalue weighted by Crippen LogP contribution is 2.38. The fraction of sp³-hybridized carbons (Fsp3) is 0.158. The van der Waals surface area contributed by atoms with Crippen LogP contribution in [0.4, 0.5) is 13.2 Å². The summed E-state index contributed by atoms with van der Waals surface area (Å²) in [6.45, 7) is 3.43. The Kier molecular flexibility index (Phi) is 5.00. The average Bonchev–Trinajstić information content (AvgIpc) is 2.64. The summed E-state index contributed by atoms with van der Waals surface area (Å²) in [6.07, 6.45) is -2.17. The van der Waals surface area contributed by atoms with Gasteiger partial charge in [0.05, 0.1) is 5.56 Å². The first-order valence-electron chi connectivity index (χ1n) is 8.17. The molecule has 0 spiro atoms. The van der Waals surface area contributed by atoms with E-state index >= 15 is 0 Å². The molecule has 0 aliphatic rings. The van der Waals surface area contributed by atoms with Crippen molar-refractivity contribution in [1.29, 1.82) is 10.8 Å². The minimum atomic E-state index is -4.54. The van der Waals surface area contributed by atoms with Gasteiger partial charge in [-0.05, 0) is 44.2 Å². The molecule has 0 saturated carbocycles. The Bertz CT molecular complexity index is 1090. The zero-order valence-electron chi connectivity index (χ0n) is 15.0. The molecule has 144 valence electrons. The highest BCUT2D eigenvalue weighted by Gasteiger charge is 2.31. The Morgan fingerprint density at radius 3 is 2.46 bits per heavy atom. The quantitative estimate of drug-likeness (QED) is 0.517. The zero-order chi connectivity index (χ0) is 20.5. The molecule has 9 heteroatoms. The summed E-state index contributed by atoms with van der Waals surface area (Å²) in [5, 5.41) is 19.0. The van der Waals surface area contributed by atoms with E-state index in [2.05, 4.69) is 10.1 Å². The van der Waals surface area contributed by atoms with Crippen LogP contribution in [0.25, 0.3) is 11.1 Å². The van der Waals surface area contributed by atoms with Gasteiger partial charge in [0.25, 0.3) is 0 Å². The Labute approximate surface area is 158 Å². The number of ether oxygens (including phenoxy) is 1. The summed E-state index contributed by atoms with van der Waals surface area (Å²) >= 11 is 0. The number of aryl methyl sites for hydroxylation is 2. The van der Waals surface area contributed by atoms with Gasteiger partial charge in [0.1, 0.15) is 17.6 Å². The molecule has 0 saturated heterocycles. The topological polar surface area (TPSA) is 87.6 Å². The van der Waals surface area contributed by atoms with E-state index in [0.717, 1.165) is 28.8 Å². The minimum Gasteiger partial charge on any atom is -0.437 e. The highest BCUT2D eigenvalue weighted by atomic mass is 19.4. The number of hydrogen-bond acceptors (Lipinski definition) is 5. The SMILES string of the molecule is Cc1ccc(-c2ccc(C(F)(F)F)cc2Oc2nn(C=N)c(=N)cc2C)cn1. The maximum Gasteiger partial charge on any atom is 0.416 e. The zero-order valence-corrected chi connectivity index (χ0v) is 15.0. The van der Waals surface area contributed by atoms with Crippen molar-refractivity contribution in [3.63, 3.8) is 0 Å². The molecule has 0 bridgehead atoms. The second-order valence-electron chi connectivity index (χ2n) is 6.09. The number of pyridine rings is 1. The van der Waals surface area contributed by atoms with E-state index in [1.807, 2.05) is 0 Å². The smallest absolute Gasteiger partial charge is 0.416 e. The Balaban J connectivity index is 2.15. The van der Waals surface area contributed by atoms with E-state index < -0.39 is 11.7 Å². The van der Waals surface area contributed by atoms with Gasteiger partial charge >= 0.3 is 6.18 Å². The maximum atomic E-state index is 13.2. The molecule has 0 aliphatic heterocycles. The molecular weight excluding hydrogens is 371 g/mol. The van der Waals surface area contributed by atoms with Crippen LogP contribution in [0.3, 0.4) is 0 Å². The number of aromatic nitrogens is 3. The standard InChI is InChI=1S/C19H16F3N5O/c1-11-7-17(24)27(10-23)26-18(11)28-16-8-14(19(20,21)22)5-6-15(16)13-4-3-12(2)25-9-13/h3-10,23-24H,1-2H3. The Morgan fingerprint density at radius 2 is 1.86 bits per heavy atom. The number of hydrogen-bond donors (Lipinski definition) is 2. The number of nitrogens with zero attached hydrogens (tertiary/aromatic N) is 3. The van der Waals surface area contributed by atoms with Crippen LogP contribution in [-0.2, 0) is 6.18 Å². The molecule has 0 fully saturated rings. The molecular formula is C19H16F3N5O. The van der Waals surface area contributed by atoms with Gasteiger partial charge in [-0.3, -0.25) is 15.8 Å². The molecule has 6 nitrogen and oxygen atoms in total. The molecule has 28 heavy (non-hydrogen) atoms. The van der Waals surface area contributed by atoms with Crippen LogP contribution < -0.4 is 10.2 Å². The van der Waals surface area contributed by atoms with Gasteiger partial charge in [-0.1, -0.05) is 6.07 Å². The van der Waals surface area contributed by atoms with Gasteiger partial charge in [-0.15, -0.1) is 5.10 Å². The fourth-order valence-electron chi connectivity index (χ4n) is 2.52. The van der Waals surface area contributed by atoms with Crippen LogP contribution in [0.2, 0.25) is 0 Å². The molecule has 3 aromatic rings. The van der Waals surface area contributed by atoms with E-state index in [4.69, 9.17) is 15.6 Å². The molecule has 0 unspecified atom stereocenters. The summed E-state index contributed by atoms with van der Waals surface area (Å²) in [6, 6.07) is 8.10. The first-order chi connectivity index (χ1) is 13.2. The molecule has 0 aliphatic carbocycles. The third-order valence-corrected chi connectivity index (χ3v) is 4.00. The lowest BCUT2D eigenvalue weighted by Gasteiger charge is -2.15. The molecule has 0 amide bonds. The normalized spacial score (nSPS) is 11.3. The van der Waals surface area contributed by atoms with Crippen molar-refractivity contribution in [3.8, 4) is 22.8 Å². The molecule has 1 aromatic carbocycles. The summed E-state index contributed by atoms with van der Waals surface area (Å²) in [4.78, 5) is 4.18. The van der Waals surface area contributed by atoms with Crippen molar-refractivity contribution in [3.05, 3.63) is 64.9 Å². The summed E-state index contributed by atoms with van der Waals surface area (Å²) < 4.78 is 46.3. The monoisotopic (exact) mass is 387 g/mol. The molecule has 2 heterocycles. The number of benzene rings is 1. The Morgan fingerprint density at radius 1 is 1.11 bits per heavy atom. The van der Waals surface area contributed by atoms with E-state index in [1.165, 1.54) is 12.1 Å². The van der Waals surface area contributed by atoms with E-state index in [-0.39, 0.29) is 17.1 Å². The molecule has 0 radical (unpaired) electrons. The summed E-state index contributed by atoms with van der Waals surface area (Å²) in [7, 11) is 0. The van der Waals surface area contributed by atoms with Gasteiger partial charge in [0.15, 0.2) is 0 Å². The van der Waals surface area contributed by atoms with Crippen LogP contribution in [0.1, 0.15) is 16.8 Å². The second-order valence-corrected chi connectivity index (χ2v) is 6.09. The molecule has 3 rings (SSSR count). The van der Waals surface area contributed by atoms with Crippen molar-refractivity contribution in [1.82, 2.24) is 14.8 Å². The van der Waals surface area contributed by atoms with E-state index in [1.54, 1.807) is 32.2 Å². The van der Waals surface area contributed by atoms with Crippen molar-refractivity contribution in [2.24, 2.45) is 0 Å². The highest BCUT2D eigenvalue weighted by molar-refractivity contribution is 5.71. The van der Waals surface area contributed by atoms with Gasteiger partial charge in [0, 0.05) is 28.6 Å². The van der Waals surface area contributed by atoms with Gasteiger partial charge in [0.2, 0.25) is 5.88 Å². The number of halogens is 3. The van der Waals surface area contributed by atoms with Crippen LogP contribution in [0.5, 0.6) is 11.6 Å². The third kappa shape index (κ3) is 3.93. The van der Waals surface area contributed by atoms with Crippen LogP contribution in [0.15, 0.2) is 42.6 Å². The van der Waals surface area contributed by atoms with Crippen molar-refractivity contribution < 1.29 is 17.9 Å². The number of nitrogens with one attached hydrogen (secondary N) is 2. The fourth-order valence-corrected chi connectivity index (χ4v) is 2.52. The van der Waals surface area contributed by atoms with Crippen LogP contribution in [0, 0.1) is 24.7 Å². The van der Waals surface area contributed by atoms with Crippen molar-refractivity contribution >= 4 is 6.34 Å². The first kappa shape index (κ1) is 19.3. The lowest BCUT2D eigenvalue weighted by atomic mass is 10.0. The predicted molar refractivity (Wildman–Crippen MR) is 96.5 cm³/mol. The summed E-state index contributed by atoms with van der Waals surface area (Å²) in [5.74, 6) is -0.0505. The molecule has 2 N–H and O–H groups in total. The number of alkyl halides is 3. The van der Waals surface area contributed by atoms with Crippen molar-refractivity contribution in [2.45, 2.75) is 20.0 Å². The second kappa shape index (κ2) is 7.26. The minimum absolute atomic E-state index is 0.000135. The average molecular weight is 387 g/mol. The lowest BCUT2D eigenvalue weighted by Crippen LogP contribution is -2.22. The molecule has 2 aromatic heterocycles. The summed E-state index contributed by atoms with van der Waals surface area (Å²) in [5.41, 5.74) is 1.32. The largest absolute Gasteiger partial charge is 0.437 e. The van der Waals surface area contributed by atoms with E-state index in [0.29, 0.717) is 16.7 Å². The maximum absolute atomic E-state index is 13.2. The van der Waals surface area contributed by atoms with E-state index in [9.17, 15) is 13.2 Å². The van der Waals surface area contributed by atoms with Crippen molar-refractivity contribution in [2.75, 3.05) is 0 Å². The predicted octanol–water partition coefficient (Wildman–Crippen LogP) is 4.31.